The highest BCUT2D eigenvalue weighted by Crippen LogP contribution is 2.22. The molecule has 18 heavy (non-hydrogen) atoms. The number of hydrogen-bond donors (Lipinski definition) is 1. The van der Waals surface area contributed by atoms with Gasteiger partial charge in [0.05, 0.1) is 5.69 Å². The van der Waals surface area contributed by atoms with Crippen LogP contribution in [0.3, 0.4) is 0 Å². The molecular formula is C9H12N4O3S2. The van der Waals surface area contributed by atoms with Gasteiger partial charge >= 0.3 is 0 Å². The van der Waals surface area contributed by atoms with Gasteiger partial charge in [0.1, 0.15) is 23.2 Å². The maximum absolute atomic E-state index is 11.9. The number of rotatable bonds is 5. The maximum atomic E-state index is 11.9. The molecule has 0 saturated heterocycles. The molecule has 0 aliphatic carbocycles. The molecule has 0 spiro atoms. The van der Waals surface area contributed by atoms with Crippen molar-refractivity contribution >= 4 is 21.2 Å². The fraction of sp³-hybridized carbons (Fsp3) is 0.444. The topological polar surface area (TPSA) is 97.8 Å². The zero-order valence-electron chi connectivity index (χ0n) is 9.82. The minimum absolute atomic E-state index is 0.142. The predicted molar refractivity (Wildman–Crippen MR) is 64.8 cm³/mol. The van der Waals surface area contributed by atoms with Crippen LogP contribution in [0.2, 0.25) is 0 Å². The minimum atomic E-state index is -3.51. The zero-order chi connectivity index (χ0) is 13.2. The van der Waals surface area contributed by atoms with Crippen LogP contribution in [0.4, 0.5) is 0 Å². The Balaban J connectivity index is 2.17. The fourth-order valence-electron chi connectivity index (χ4n) is 1.28. The van der Waals surface area contributed by atoms with Crippen molar-refractivity contribution < 1.29 is 13.2 Å². The lowest BCUT2D eigenvalue weighted by Gasteiger charge is -2.03. The number of hydrogen-bond acceptors (Lipinski definition) is 7. The Labute approximate surface area is 108 Å². The largest absolute Gasteiger partial charge is 0.375 e. The van der Waals surface area contributed by atoms with E-state index in [0.717, 1.165) is 11.3 Å². The average molecular weight is 288 g/mol. The van der Waals surface area contributed by atoms with Crippen molar-refractivity contribution in [3.8, 4) is 0 Å². The quantitative estimate of drug-likeness (QED) is 0.879. The third-order valence-electron chi connectivity index (χ3n) is 2.30. The first kappa shape index (κ1) is 13.1. The number of methoxy groups -OCH3 is 1. The number of H-pyrrole nitrogens is 1. The van der Waals surface area contributed by atoms with Gasteiger partial charge in [0.15, 0.2) is 0 Å². The summed E-state index contributed by atoms with van der Waals surface area (Å²) in [6, 6.07) is 0. The summed E-state index contributed by atoms with van der Waals surface area (Å²) in [6.07, 6.45) is 1.02. The van der Waals surface area contributed by atoms with Gasteiger partial charge in [-0.2, -0.15) is 5.10 Å². The monoisotopic (exact) mass is 288 g/mol. The summed E-state index contributed by atoms with van der Waals surface area (Å²) in [5.41, 5.74) is 0.482. The second kappa shape index (κ2) is 5.12. The molecular weight excluding hydrogens is 276 g/mol. The van der Waals surface area contributed by atoms with E-state index in [1.54, 1.807) is 12.5 Å². The Morgan fingerprint density at radius 2 is 2.33 bits per heavy atom. The molecule has 0 bridgehead atoms. The van der Waals surface area contributed by atoms with Crippen molar-refractivity contribution in [1.29, 1.82) is 0 Å². The molecule has 7 nitrogen and oxygen atoms in total. The molecule has 1 unspecified atom stereocenters. The Kier molecular flexibility index (Phi) is 3.73. The molecule has 0 radical (unpaired) electrons. The number of aromatic nitrogens is 4. The lowest BCUT2D eigenvalue weighted by molar-refractivity contribution is 0.119. The lowest BCUT2D eigenvalue weighted by atomic mass is 10.4. The van der Waals surface area contributed by atoms with E-state index in [2.05, 4.69) is 20.2 Å². The van der Waals surface area contributed by atoms with E-state index >= 15 is 0 Å². The van der Waals surface area contributed by atoms with Gasteiger partial charge in [0, 0.05) is 12.5 Å². The van der Waals surface area contributed by atoms with Gasteiger partial charge in [0.25, 0.3) is 0 Å². The summed E-state index contributed by atoms with van der Waals surface area (Å²) < 4.78 is 28.9. The first-order valence-electron chi connectivity index (χ1n) is 5.08. The molecule has 2 aromatic rings. The third-order valence-corrected chi connectivity index (χ3v) is 4.81. The number of nitrogens with one attached hydrogen (secondary N) is 1. The van der Waals surface area contributed by atoms with Crippen molar-refractivity contribution in [1.82, 2.24) is 20.2 Å². The first-order chi connectivity index (χ1) is 8.53. The number of aromatic amines is 1. The van der Waals surface area contributed by atoms with Crippen LogP contribution < -0.4 is 0 Å². The number of sulfone groups is 1. The summed E-state index contributed by atoms with van der Waals surface area (Å²) >= 11 is 1.37. The minimum Gasteiger partial charge on any atom is -0.375 e. The lowest BCUT2D eigenvalue weighted by Crippen LogP contribution is -2.07. The van der Waals surface area contributed by atoms with E-state index in [1.165, 1.54) is 11.3 Å². The van der Waals surface area contributed by atoms with E-state index < -0.39 is 9.84 Å². The molecule has 9 heteroatoms. The van der Waals surface area contributed by atoms with Crippen LogP contribution >= 0.6 is 11.3 Å². The average Bonchev–Trinajstić information content (AvgIpc) is 2.97. The second-order valence-corrected chi connectivity index (χ2v) is 6.40. The predicted octanol–water partition coefficient (Wildman–Crippen LogP) is 0.943. The molecule has 98 valence electrons. The molecule has 1 atom stereocenters. The summed E-state index contributed by atoms with van der Waals surface area (Å²) in [4.78, 5) is 7.87. The Morgan fingerprint density at radius 1 is 1.56 bits per heavy atom. The highest BCUT2D eigenvalue weighted by molar-refractivity contribution is 7.90. The van der Waals surface area contributed by atoms with E-state index in [4.69, 9.17) is 4.74 Å². The fourth-order valence-corrected chi connectivity index (χ4v) is 3.31. The number of nitrogens with zero attached hydrogens (tertiary/aromatic N) is 3. The Hall–Kier alpha value is -1.32. The smallest absolute Gasteiger partial charge is 0.243 e. The van der Waals surface area contributed by atoms with Gasteiger partial charge in [-0.3, -0.25) is 5.10 Å². The summed E-state index contributed by atoms with van der Waals surface area (Å²) in [6.45, 7) is 1.85. The maximum Gasteiger partial charge on any atom is 0.243 e. The zero-order valence-corrected chi connectivity index (χ0v) is 11.5. The molecule has 2 aromatic heterocycles. The molecule has 0 fully saturated rings. The number of thiazole rings is 1. The Morgan fingerprint density at radius 3 is 2.94 bits per heavy atom. The van der Waals surface area contributed by atoms with E-state index in [1.807, 2.05) is 6.92 Å². The summed E-state index contributed by atoms with van der Waals surface area (Å²) in [5, 5.41) is 8.18. The van der Waals surface area contributed by atoms with E-state index in [-0.39, 0.29) is 17.0 Å². The van der Waals surface area contributed by atoms with Crippen LogP contribution in [0.25, 0.3) is 0 Å². The van der Waals surface area contributed by atoms with Crippen LogP contribution in [0.15, 0.2) is 16.9 Å². The Bertz CT molecular complexity index is 606. The van der Waals surface area contributed by atoms with E-state index in [0.29, 0.717) is 5.69 Å². The van der Waals surface area contributed by atoms with E-state index in [9.17, 15) is 8.42 Å². The van der Waals surface area contributed by atoms with Crippen molar-refractivity contribution in [2.75, 3.05) is 7.11 Å². The molecule has 0 aliphatic rings. The van der Waals surface area contributed by atoms with Crippen molar-refractivity contribution in [3.63, 3.8) is 0 Å². The van der Waals surface area contributed by atoms with Crippen LogP contribution in [0.1, 0.15) is 23.7 Å². The van der Waals surface area contributed by atoms with Crippen LogP contribution in [-0.2, 0) is 20.3 Å². The molecule has 2 rings (SSSR count). The van der Waals surface area contributed by atoms with Gasteiger partial charge < -0.3 is 4.74 Å². The van der Waals surface area contributed by atoms with Gasteiger partial charge in [-0.15, -0.1) is 11.3 Å². The van der Waals surface area contributed by atoms with Crippen molar-refractivity contribution in [2.24, 2.45) is 0 Å². The molecule has 0 aromatic carbocycles. The first-order valence-corrected chi connectivity index (χ1v) is 7.61. The summed E-state index contributed by atoms with van der Waals surface area (Å²) in [5.74, 6) is -0.199. The standard InChI is InChI=1S/C9H12N4O3S2/c1-6(16-2)8-12-7(3-17-8)4-18(14,15)9-10-5-11-13-9/h3,5-6H,4H2,1-2H3,(H,10,11,13). The second-order valence-electron chi connectivity index (χ2n) is 3.60. The number of ether oxygens (including phenoxy) is 1. The van der Waals surface area contributed by atoms with Gasteiger partial charge in [-0.1, -0.05) is 0 Å². The summed E-state index contributed by atoms with van der Waals surface area (Å²) in [7, 11) is -1.93. The molecule has 0 aliphatic heterocycles. The van der Waals surface area contributed by atoms with Gasteiger partial charge in [0.2, 0.25) is 15.0 Å². The van der Waals surface area contributed by atoms with Gasteiger partial charge in [-0.05, 0) is 6.92 Å². The molecule has 0 amide bonds. The van der Waals surface area contributed by atoms with Crippen molar-refractivity contribution in [2.45, 2.75) is 23.9 Å². The van der Waals surface area contributed by atoms with Crippen LogP contribution in [0, 0.1) is 0 Å². The molecule has 1 N–H and O–H groups in total. The third kappa shape index (κ3) is 2.74. The highest BCUT2D eigenvalue weighted by atomic mass is 32.2. The normalized spacial score (nSPS) is 13.7. The van der Waals surface area contributed by atoms with Gasteiger partial charge in [-0.25, -0.2) is 18.4 Å². The van der Waals surface area contributed by atoms with Crippen LogP contribution in [-0.4, -0.2) is 35.7 Å². The highest BCUT2D eigenvalue weighted by Gasteiger charge is 2.21. The molecule has 2 heterocycles. The van der Waals surface area contributed by atoms with Crippen LogP contribution in [0.5, 0.6) is 0 Å². The SMILES string of the molecule is COC(C)c1nc(CS(=O)(=O)c2ncn[nH]2)cs1. The van der Waals surface area contributed by atoms with Crippen molar-refractivity contribution in [3.05, 3.63) is 22.4 Å². The molecule has 0 saturated carbocycles.